The van der Waals surface area contributed by atoms with Crippen LogP contribution in [0.1, 0.15) is 271 Å². The molecule has 127 heavy (non-hydrogen) atoms. The maximum Gasteiger partial charge on any atom is 0.309 e. The fraction of sp³-hybridized carbons (Fsp3) is 0.556. The lowest BCUT2D eigenvalue weighted by atomic mass is 9.46. The van der Waals surface area contributed by atoms with Gasteiger partial charge in [-0.15, -0.1) is 0 Å². The van der Waals surface area contributed by atoms with Crippen LogP contribution in [0.3, 0.4) is 0 Å². The number of nitrogens with zero attached hydrogens (tertiary/aromatic N) is 2. The van der Waals surface area contributed by atoms with Crippen molar-refractivity contribution in [2.75, 3.05) is 23.0 Å². The summed E-state index contributed by atoms with van der Waals surface area (Å²) in [6, 6.07) is 24.3. The second kappa shape index (κ2) is 30.5. The number of aromatic nitrogens is 1. The number of aliphatic carboxylic acids is 3. The number of hydrogen-bond acceptors (Lipinski definition) is 13. The Morgan fingerprint density at radius 2 is 0.764 bits per heavy atom. The molecule has 6 spiro atoms. The normalized spacial score (nSPS) is 35.0. The zero-order valence-electron chi connectivity index (χ0n) is 71.8. The quantitative estimate of drug-likeness (QED) is 0.0443. The van der Waals surface area contributed by atoms with Crippen LogP contribution < -0.4 is 26.6 Å². The molecule has 6 aromatic rings. The SMILES string of the molecule is CC1(C)CC2(C1)N[C@@H](C(=O)CC13CCC(C(=O)O)(CC1)CC3)[C@H](c1cccc(Cl)c1F)[C@]21C(=O)Nc2cc(Cl)ccc21.CN1[C@@H](C(=O)CC23CCC(C(=O)O)(CC2)CC3)[C@H](c2cccc(Cl)c2F)[C@]2(C(=O)Nc3cc(Cl)ccc32)C12CC(C)(C)C2.O=C(CC12CCC(C(=O)O)(CC1)CC2)[C@@H]1NC2(CCCCC2)[C@@]2(C(=O)Nc3cc(Cl)ncc32)[C@H]1c1cccc(Cl)c1F. The molecular weight excluding hydrogens is 1750 g/mol. The van der Waals surface area contributed by atoms with Crippen molar-refractivity contribution < 1.29 is 71.6 Å². The third-order valence-electron chi connectivity index (χ3n) is 35.5. The first-order valence-corrected chi connectivity index (χ1v) is 47.4. The van der Waals surface area contributed by atoms with Crippen molar-refractivity contribution in [3.63, 3.8) is 0 Å². The first-order chi connectivity index (χ1) is 60.0. The minimum absolute atomic E-state index is 0.0206. The van der Waals surface area contributed by atoms with E-state index >= 15 is 13.2 Å². The number of carboxylic acid groups (broad SMARTS) is 3. The summed E-state index contributed by atoms with van der Waals surface area (Å²) in [6.45, 7) is 8.62. The number of carboxylic acids is 3. The molecule has 0 radical (unpaired) electrons. The van der Waals surface area contributed by atoms with Crippen LogP contribution in [0.4, 0.5) is 30.2 Å². The van der Waals surface area contributed by atoms with Gasteiger partial charge in [0.05, 0.1) is 49.4 Å². The summed E-state index contributed by atoms with van der Waals surface area (Å²) < 4.78 is 48.3. The summed E-state index contributed by atoms with van der Waals surface area (Å²) in [5.41, 5.74) is -4.63. The number of Topliss-reactive ketones (excluding diaryl/α,β-unsaturated/α-hetero) is 3. The summed E-state index contributed by atoms with van der Waals surface area (Å²) >= 11 is 38.0. The fourth-order valence-corrected chi connectivity index (χ4v) is 30.7. The minimum atomic E-state index is -1.30. The van der Waals surface area contributed by atoms with Crippen LogP contribution in [0.25, 0.3) is 0 Å². The van der Waals surface area contributed by atoms with E-state index in [1.54, 1.807) is 72.9 Å². The van der Waals surface area contributed by atoms with E-state index in [1.807, 2.05) is 19.2 Å². The molecule has 672 valence electrons. The van der Waals surface area contributed by atoms with Crippen LogP contribution >= 0.6 is 69.6 Å². The van der Waals surface area contributed by atoms with E-state index in [0.717, 1.165) is 30.4 Å². The van der Waals surface area contributed by atoms with Crippen molar-refractivity contribution in [1.29, 1.82) is 0 Å². The molecule has 15 fully saturated rings. The third-order valence-corrected chi connectivity index (χ3v) is 37.1. The summed E-state index contributed by atoms with van der Waals surface area (Å²) in [6.07, 6.45) is 20.3. The lowest BCUT2D eigenvalue weighted by molar-refractivity contribution is -0.161. The van der Waals surface area contributed by atoms with E-state index in [9.17, 15) is 58.5 Å². The van der Waals surface area contributed by atoms with Crippen LogP contribution in [0.5, 0.6) is 0 Å². The van der Waals surface area contributed by atoms with Crippen LogP contribution in [-0.2, 0) is 59.4 Å². The van der Waals surface area contributed by atoms with Gasteiger partial charge in [-0.1, -0.05) is 165 Å². The predicted molar refractivity (Wildman–Crippen MR) is 478 cm³/mol. The Hall–Kier alpha value is -7.51. The summed E-state index contributed by atoms with van der Waals surface area (Å²) in [5, 5.41) is 47.2. The molecule has 3 saturated heterocycles. The third kappa shape index (κ3) is 12.9. The number of likely N-dealkylation sites (tertiary alicyclic amines) is 1. The first-order valence-electron chi connectivity index (χ1n) is 45.1. The number of fused-ring (bicyclic) bond motifs is 18. The van der Waals surface area contributed by atoms with Gasteiger partial charge in [0.25, 0.3) is 0 Å². The molecule has 28 heteroatoms. The van der Waals surface area contributed by atoms with Gasteiger partial charge in [-0.05, 0) is 265 Å². The van der Waals surface area contributed by atoms with Crippen molar-refractivity contribution in [2.24, 2.45) is 43.3 Å². The summed E-state index contributed by atoms with van der Waals surface area (Å²) in [5.74, 6) is -7.53. The van der Waals surface area contributed by atoms with E-state index in [2.05, 4.69) is 64.2 Å². The van der Waals surface area contributed by atoms with Gasteiger partial charge in [0.2, 0.25) is 17.7 Å². The second-order valence-electron chi connectivity index (χ2n) is 42.9. The molecule has 5 aromatic carbocycles. The molecule has 12 saturated carbocycles. The minimum Gasteiger partial charge on any atom is -0.481 e. The molecule has 24 rings (SSSR count). The van der Waals surface area contributed by atoms with E-state index < -0.39 is 120 Å². The maximum absolute atomic E-state index is 16.2. The number of rotatable bonds is 15. The number of amides is 3. The van der Waals surface area contributed by atoms with Gasteiger partial charge < -0.3 is 31.3 Å². The highest BCUT2D eigenvalue weighted by Gasteiger charge is 2.81. The van der Waals surface area contributed by atoms with E-state index in [0.29, 0.717) is 187 Å². The van der Waals surface area contributed by atoms with Gasteiger partial charge in [0.1, 0.15) is 38.8 Å². The molecule has 1 aromatic heterocycles. The Morgan fingerprint density at radius 1 is 0.417 bits per heavy atom. The standard InChI is InChI=1S/C34H37Cl2FN2O4.C33H35Cl2FN2O4.C32H34Cl2FN3O4/c1-30(2)17-33(18-30)34(21-8-7-19(35)15-23(21)38-28(34)41)25(20-5-4-6-22(36)26(20)37)27(39(33)3)24(40)16-31-9-12-32(13-10-31,14-11-31)29(42)43;1-29(2)16-32(17-29)33(20-7-6-18(34)14-22(20)37-27(33)40)24(19-4-3-5-21(35)25(19)36)26(38-32)23(39)15-30-8-11-31(12-9-30,13-10-30)28(41)42;33-20-6-4-5-18(25(20)35)24-26(22(39)16-29-9-12-30(13-10-29,14-11-29)28(41)42)38-31(7-2-1-3-8-31)32(24)19-17-36-23(34)15-21(19)37-27(32)40/h4-8,15,25,27H,9-14,16-18H2,1-3H3,(H,38,41)(H,42,43);3-7,14,24,26,38H,8-13,15-17H2,1-2H3,(H,37,40)(H,41,42);4-6,15,17,24,26,38H,1-3,7-14,16H2,(H,37,40)(H,41,42)/t25-,27-,31?,32?,34+;24-,26-,30?,31?,33+;24-,26-,29?,30?,32+/m000/s1. The van der Waals surface area contributed by atoms with Crippen molar-refractivity contribution >= 4 is 140 Å². The average molecular weight is 1860 g/mol. The van der Waals surface area contributed by atoms with Gasteiger partial charge in [0.15, 0.2) is 17.3 Å². The van der Waals surface area contributed by atoms with Gasteiger partial charge in [0, 0.05) is 92.5 Å². The van der Waals surface area contributed by atoms with Crippen molar-refractivity contribution in [3.05, 3.63) is 184 Å². The van der Waals surface area contributed by atoms with Gasteiger partial charge in [-0.2, -0.15) is 0 Å². The Balaban J connectivity index is 0.000000124. The summed E-state index contributed by atoms with van der Waals surface area (Å²) in [7, 11) is 1.93. The van der Waals surface area contributed by atoms with Gasteiger partial charge in [-0.25, -0.2) is 18.2 Å². The number of halogens is 9. The molecule has 6 aliphatic heterocycles. The number of ketones is 3. The van der Waals surface area contributed by atoms with Crippen LogP contribution in [0.2, 0.25) is 30.3 Å². The number of carbonyl (C=O) groups excluding carboxylic acids is 6. The highest BCUT2D eigenvalue weighted by molar-refractivity contribution is 6.33. The maximum atomic E-state index is 16.2. The van der Waals surface area contributed by atoms with Crippen molar-refractivity contribution in [3.8, 4) is 0 Å². The lowest BCUT2D eigenvalue weighted by Crippen LogP contribution is -2.68. The number of hydrogen-bond donors (Lipinski definition) is 8. The van der Waals surface area contributed by atoms with E-state index in [4.69, 9.17) is 69.6 Å². The largest absolute Gasteiger partial charge is 0.481 e. The highest BCUT2D eigenvalue weighted by atomic mass is 35.5. The molecule has 18 aliphatic rings. The monoisotopic (exact) mass is 1850 g/mol. The average Bonchev–Trinajstić information content (AvgIpc) is 1.45. The predicted octanol–water partition coefficient (Wildman–Crippen LogP) is 20.9. The first kappa shape index (κ1) is 88.7. The lowest BCUT2D eigenvalue weighted by Gasteiger charge is -2.61. The molecule has 0 unspecified atom stereocenters. The van der Waals surface area contributed by atoms with Gasteiger partial charge >= 0.3 is 17.9 Å². The topological polar surface area (TPSA) is 291 Å². The number of nitrogens with one attached hydrogen (secondary N) is 5. The zero-order chi connectivity index (χ0) is 90.1. The Bertz CT molecular complexity index is 5650. The second-order valence-corrected chi connectivity index (χ2v) is 45.3. The molecule has 12 aliphatic carbocycles. The Kier molecular flexibility index (Phi) is 21.3. The number of benzene rings is 5. The molecule has 6 bridgehead atoms. The Morgan fingerprint density at radius 3 is 1.15 bits per heavy atom. The molecular formula is C99H106Cl6F3N7O12. The number of likely N-dealkylation sites (N-methyl/N-ethyl adjacent to an activating group) is 1. The number of carbonyl (C=O) groups is 9. The van der Waals surface area contributed by atoms with Crippen LogP contribution in [0.15, 0.2) is 103 Å². The van der Waals surface area contributed by atoms with Crippen LogP contribution in [0, 0.1) is 60.8 Å². The molecule has 7 heterocycles. The number of anilines is 3. The van der Waals surface area contributed by atoms with Crippen molar-refractivity contribution in [2.45, 2.75) is 289 Å². The number of pyridine rings is 1. The molecule has 3 amide bonds. The molecule has 8 N–H and O–H groups in total. The molecule has 9 atom stereocenters. The fourth-order valence-electron chi connectivity index (χ4n) is 29.7. The van der Waals surface area contributed by atoms with E-state index in [-0.39, 0.29) is 118 Å². The summed E-state index contributed by atoms with van der Waals surface area (Å²) in [4.78, 5) is 130. The molecule has 19 nitrogen and oxygen atoms in total. The highest BCUT2D eigenvalue weighted by Crippen LogP contribution is 2.75. The Labute approximate surface area is 766 Å². The van der Waals surface area contributed by atoms with Gasteiger partial charge in [-0.3, -0.25) is 58.7 Å². The van der Waals surface area contributed by atoms with Crippen molar-refractivity contribution in [1.82, 2.24) is 20.5 Å². The van der Waals surface area contributed by atoms with E-state index in [1.165, 1.54) is 18.2 Å². The van der Waals surface area contributed by atoms with Crippen LogP contribution in [-0.4, -0.2) is 120 Å². The smallest absolute Gasteiger partial charge is 0.309 e. The zero-order valence-corrected chi connectivity index (χ0v) is 76.3.